The third-order valence-corrected chi connectivity index (χ3v) is 4.14. The first-order chi connectivity index (χ1) is 10.5. The molecule has 0 atom stereocenters. The Morgan fingerprint density at radius 1 is 1.45 bits per heavy atom. The molecule has 2 aromatic rings. The fourth-order valence-electron chi connectivity index (χ4n) is 2.65. The minimum absolute atomic E-state index is 0.0655. The van der Waals surface area contributed by atoms with Crippen LogP contribution in [0.3, 0.4) is 0 Å². The van der Waals surface area contributed by atoms with Crippen molar-refractivity contribution in [2.24, 2.45) is 0 Å². The van der Waals surface area contributed by atoms with Crippen LogP contribution in [0, 0.1) is 17.0 Å². The Morgan fingerprint density at radius 3 is 3.05 bits per heavy atom. The topological polar surface area (TPSA) is 72.2 Å². The molecule has 0 saturated carbocycles. The van der Waals surface area contributed by atoms with E-state index in [2.05, 4.69) is 14.9 Å². The molecule has 6 nitrogen and oxygen atoms in total. The lowest BCUT2D eigenvalue weighted by atomic mass is 10.1. The average molecular weight is 319 g/mol. The van der Waals surface area contributed by atoms with Crippen LogP contribution < -0.4 is 0 Å². The van der Waals surface area contributed by atoms with Crippen molar-refractivity contribution in [1.29, 1.82) is 0 Å². The van der Waals surface area contributed by atoms with E-state index in [1.807, 2.05) is 13.1 Å². The molecule has 1 aromatic carbocycles. The molecule has 0 aliphatic carbocycles. The molecule has 0 amide bonds. The zero-order valence-corrected chi connectivity index (χ0v) is 12.9. The van der Waals surface area contributed by atoms with Gasteiger partial charge in [-0.05, 0) is 18.6 Å². The molecule has 1 aromatic heterocycles. The average Bonchev–Trinajstić information content (AvgIpc) is 2.49. The maximum absolute atomic E-state index is 10.9. The van der Waals surface area contributed by atoms with Crippen molar-refractivity contribution in [3.63, 3.8) is 0 Å². The summed E-state index contributed by atoms with van der Waals surface area (Å²) >= 11 is 6.17. The molecular weight excluding hydrogens is 304 g/mol. The highest BCUT2D eigenvalue weighted by Gasteiger charge is 2.20. The van der Waals surface area contributed by atoms with Gasteiger partial charge in [0.1, 0.15) is 5.82 Å². The van der Waals surface area contributed by atoms with Crippen molar-refractivity contribution in [1.82, 2.24) is 14.9 Å². The number of aromatic nitrogens is 2. The van der Waals surface area contributed by atoms with E-state index in [1.54, 1.807) is 12.1 Å². The Hall–Kier alpha value is -2.05. The summed E-state index contributed by atoms with van der Waals surface area (Å²) in [5, 5.41) is 11.4. The van der Waals surface area contributed by atoms with Crippen molar-refractivity contribution in [3.8, 4) is 0 Å². The summed E-state index contributed by atoms with van der Waals surface area (Å²) in [5.74, 6) is 0.786. The van der Waals surface area contributed by atoms with Crippen molar-refractivity contribution < 1.29 is 4.92 Å². The quantitative estimate of drug-likeness (QED) is 0.642. The number of halogens is 1. The molecule has 1 aliphatic rings. The minimum atomic E-state index is -0.401. The largest absolute Gasteiger partial charge is 0.294 e. The molecule has 0 spiro atoms. The molecule has 0 fully saturated rings. The van der Waals surface area contributed by atoms with Gasteiger partial charge in [0.15, 0.2) is 0 Å². The molecule has 0 bridgehead atoms. The van der Waals surface area contributed by atoms with Crippen LogP contribution in [0.2, 0.25) is 5.02 Å². The van der Waals surface area contributed by atoms with E-state index in [-0.39, 0.29) is 5.69 Å². The molecule has 1 aliphatic heterocycles. The maximum atomic E-state index is 10.9. The summed E-state index contributed by atoms with van der Waals surface area (Å²) in [6.45, 7) is 4.04. The monoisotopic (exact) mass is 318 g/mol. The highest BCUT2D eigenvalue weighted by atomic mass is 35.5. The molecule has 0 saturated heterocycles. The van der Waals surface area contributed by atoms with E-state index in [4.69, 9.17) is 11.6 Å². The number of nitro groups is 1. The summed E-state index contributed by atoms with van der Waals surface area (Å²) in [6, 6.07) is 4.55. The Morgan fingerprint density at radius 2 is 2.27 bits per heavy atom. The molecule has 3 rings (SSSR count). The zero-order chi connectivity index (χ0) is 15.7. The smallest absolute Gasteiger partial charge is 0.269 e. The Kier molecular flexibility index (Phi) is 4.04. The number of aryl methyl sites for hydroxylation is 1. The summed E-state index contributed by atoms with van der Waals surface area (Å²) in [4.78, 5) is 21.4. The van der Waals surface area contributed by atoms with Crippen molar-refractivity contribution in [2.45, 2.75) is 26.4 Å². The zero-order valence-electron chi connectivity index (χ0n) is 12.1. The third-order valence-electron chi connectivity index (χ3n) is 3.77. The Labute approximate surface area is 132 Å². The maximum Gasteiger partial charge on any atom is 0.269 e. The number of non-ortho nitro benzene ring substituents is 1. The summed E-state index contributed by atoms with van der Waals surface area (Å²) in [7, 11) is 0. The number of hydrogen-bond acceptors (Lipinski definition) is 5. The lowest BCUT2D eigenvalue weighted by Gasteiger charge is -2.28. The van der Waals surface area contributed by atoms with Gasteiger partial charge in [0.2, 0.25) is 0 Å². The Bertz CT molecular complexity index is 735. The first kappa shape index (κ1) is 14.9. The summed E-state index contributed by atoms with van der Waals surface area (Å²) < 4.78 is 0. The standard InChI is InChI=1S/C15H15ClN4O2/c1-10-17-7-12-9-19(5-4-15(12)18-10)8-11-6-13(20(21)22)2-3-14(11)16/h2-3,6-7H,4-5,8-9H2,1H3. The van der Waals surface area contributed by atoms with E-state index < -0.39 is 4.92 Å². The fourth-order valence-corrected chi connectivity index (χ4v) is 2.82. The minimum Gasteiger partial charge on any atom is -0.294 e. The molecule has 114 valence electrons. The van der Waals surface area contributed by atoms with Gasteiger partial charge in [0.25, 0.3) is 5.69 Å². The van der Waals surface area contributed by atoms with Gasteiger partial charge in [0.05, 0.1) is 4.92 Å². The van der Waals surface area contributed by atoms with Crippen molar-refractivity contribution >= 4 is 17.3 Å². The first-order valence-corrected chi connectivity index (χ1v) is 7.37. The molecule has 2 heterocycles. The predicted molar refractivity (Wildman–Crippen MR) is 82.7 cm³/mol. The normalized spacial score (nSPS) is 14.6. The highest BCUT2D eigenvalue weighted by molar-refractivity contribution is 6.31. The van der Waals surface area contributed by atoms with Gasteiger partial charge in [0, 0.05) is 60.7 Å². The van der Waals surface area contributed by atoms with Gasteiger partial charge in [-0.25, -0.2) is 9.97 Å². The van der Waals surface area contributed by atoms with E-state index in [0.717, 1.165) is 42.2 Å². The number of nitro benzene ring substituents is 1. The fraction of sp³-hybridized carbons (Fsp3) is 0.333. The van der Waals surface area contributed by atoms with Crippen molar-refractivity contribution in [3.05, 3.63) is 62.2 Å². The number of fused-ring (bicyclic) bond motifs is 1. The van der Waals surface area contributed by atoms with E-state index in [9.17, 15) is 10.1 Å². The van der Waals surface area contributed by atoms with E-state index in [1.165, 1.54) is 6.07 Å². The molecule has 0 unspecified atom stereocenters. The van der Waals surface area contributed by atoms with Crippen molar-refractivity contribution in [2.75, 3.05) is 6.54 Å². The lowest BCUT2D eigenvalue weighted by Crippen LogP contribution is -2.31. The molecule has 22 heavy (non-hydrogen) atoms. The number of hydrogen-bond donors (Lipinski definition) is 0. The second-order valence-corrected chi connectivity index (χ2v) is 5.79. The molecule has 0 radical (unpaired) electrons. The van der Waals surface area contributed by atoms with Crippen LogP contribution in [0.4, 0.5) is 5.69 Å². The van der Waals surface area contributed by atoms with Crippen LogP contribution in [-0.2, 0) is 19.5 Å². The number of nitrogens with zero attached hydrogens (tertiary/aromatic N) is 4. The second-order valence-electron chi connectivity index (χ2n) is 5.38. The van der Waals surface area contributed by atoms with Crippen LogP contribution in [-0.4, -0.2) is 26.3 Å². The number of rotatable bonds is 3. The van der Waals surface area contributed by atoms with Gasteiger partial charge in [-0.3, -0.25) is 15.0 Å². The second kappa shape index (κ2) is 5.98. The highest BCUT2D eigenvalue weighted by Crippen LogP contribution is 2.25. The van der Waals surface area contributed by atoms with Gasteiger partial charge >= 0.3 is 0 Å². The number of benzene rings is 1. The van der Waals surface area contributed by atoms with Crippen LogP contribution in [0.25, 0.3) is 0 Å². The summed E-state index contributed by atoms with van der Waals surface area (Å²) in [5.41, 5.74) is 3.04. The van der Waals surface area contributed by atoms with Crippen LogP contribution in [0.5, 0.6) is 0 Å². The lowest BCUT2D eigenvalue weighted by molar-refractivity contribution is -0.384. The summed E-state index contributed by atoms with van der Waals surface area (Å²) in [6.07, 6.45) is 2.71. The van der Waals surface area contributed by atoms with E-state index >= 15 is 0 Å². The van der Waals surface area contributed by atoms with Gasteiger partial charge in [-0.15, -0.1) is 0 Å². The van der Waals surface area contributed by atoms with Crippen LogP contribution >= 0.6 is 11.6 Å². The predicted octanol–water partition coefficient (Wildman–Crippen LogP) is 2.90. The molecular formula is C15H15ClN4O2. The SMILES string of the molecule is Cc1ncc2c(n1)CCN(Cc1cc([N+](=O)[O-])ccc1Cl)C2. The van der Waals surface area contributed by atoms with Gasteiger partial charge < -0.3 is 0 Å². The third kappa shape index (κ3) is 3.08. The molecule has 7 heteroatoms. The van der Waals surface area contributed by atoms with Gasteiger partial charge in [-0.1, -0.05) is 11.6 Å². The van der Waals surface area contributed by atoms with E-state index in [0.29, 0.717) is 11.6 Å². The molecule has 0 N–H and O–H groups in total. The van der Waals surface area contributed by atoms with Crippen LogP contribution in [0.1, 0.15) is 22.6 Å². The van der Waals surface area contributed by atoms with Crippen LogP contribution in [0.15, 0.2) is 24.4 Å². The van der Waals surface area contributed by atoms with Gasteiger partial charge in [-0.2, -0.15) is 0 Å². The Balaban J connectivity index is 1.79. The first-order valence-electron chi connectivity index (χ1n) is 6.99.